The highest BCUT2D eigenvalue weighted by Crippen LogP contribution is 2.27. The maximum Gasteiger partial charge on any atom is 0.269 e. The average molecular weight is 413 g/mol. The second-order valence-electron chi connectivity index (χ2n) is 6.01. The molecule has 0 atom stereocenters. The molecular weight excluding hydrogens is 399 g/mol. The summed E-state index contributed by atoms with van der Waals surface area (Å²) in [5.41, 5.74) is 8.22. The molecule has 28 heavy (non-hydrogen) atoms. The quantitative estimate of drug-likeness (QED) is 0.490. The zero-order valence-electron chi connectivity index (χ0n) is 14.6. The van der Waals surface area contributed by atoms with Crippen molar-refractivity contribution in [2.24, 2.45) is 0 Å². The van der Waals surface area contributed by atoms with Gasteiger partial charge in [0.25, 0.3) is 5.91 Å². The van der Waals surface area contributed by atoms with Gasteiger partial charge in [-0.2, -0.15) is 5.10 Å². The molecule has 4 aromatic rings. The normalized spacial score (nSPS) is 10.8. The van der Waals surface area contributed by atoms with Crippen LogP contribution in [-0.4, -0.2) is 25.7 Å². The lowest BCUT2D eigenvalue weighted by molar-refractivity contribution is 0.0962. The van der Waals surface area contributed by atoms with E-state index in [0.717, 1.165) is 5.56 Å². The maximum absolute atomic E-state index is 12.4. The Labute approximate surface area is 170 Å². The molecule has 1 amide bonds. The van der Waals surface area contributed by atoms with Crippen molar-refractivity contribution in [2.75, 3.05) is 5.43 Å². The number of hydrogen-bond donors (Lipinski definition) is 2. The first-order chi connectivity index (χ1) is 13.5. The second kappa shape index (κ2) is 7.46. The van der Waals surface area contributed by atoms with Crippen molar-refractivity contribution in [3.05, 3.63) is 76.2 Å². The predicted octanol–water partition coefficient (Wildman–Crippen LogP) is 4.19. The molecule has 2 N–H and O–H groups in total. The number of aromatic nitrogens is 4. The number of rotatable bonds is 4. The molecule has 140 valence electrons. The summed E-state index contributed by atoms with van der Waals surface area (Å²) < 4.78 is 1.62. The highest BCUT2D eigenvalue weighted by molar-refractivity contribution is 6.42. The summed E-state index contributed by atoms with van der Waals surface area (Å²) >= 11 is 12.1. The van der Waals surface area contributed by atoms with Crippen molar-refractivity contribution in [1.82, 2.24) is 25.2 Å². The van der Waals surface area contributed by atoms with Gasteiger partial charge in [-0.25, -0.2) is 14.6 Å². The lowest BCUT2D eigenvalue weighted by Gasteiger charge is -2.10. The van der Waals surface area contributed by atoms with Crippen LogP contribution in [0.2, 0.25) is 10.0 Å². The van der Waals surface area contributed by atoms with E-state index in [1.165, 1.54) is 6.33 Å². The standard InChI is InChI=1S/C19H14Cl2N6O/c1-11-4-2-3-5-13(11)19(28)26-25-17-14-9-24-27(18(14)23-10-22-17)12-6-7-15(20)16(21)8-12/h2-10H,1H3,(H,26,28)(H,22,23,25). The van der Waals surface area contributed by atoms with Gasteiger partial charge in [0.15, 0.2) is 11.5 Å². The molecule has 0 spiro atoms. The van der Waals surface area contributed by atoms with Gasteiger partial charge in [-0.3, -0.25) is 15.6 Å². The van der Waals surface area contributed by atoms with Crippen LogP contribution in [0.3, 0.4) is 0 Å². The first kappa shape index (κ1) is 18.2. The molecule has 0 aliphatic rings. The average Bonchev–Trinajstić information content (AvgIpc) is 3.13. The summed E-state index contributed by atoms with van der Waals surface area (Å²) in [4.78, 5) is 20.9. The number of carbonyl (C=O) groups is 1. The molecule has 0 bridgehead atoms. The number of fused-ring (bicyclic) bond motifs is 1. The van der Waals surface area contributed by atoms with Crippen molar-refractivity contribution in [2.45, 2.75) is 6.92 Å². The minimum absolute atomic E-state index is 0.262. The fourth-order valence-electron chi connectivity index (χ4n) is 2.76. The molecule has 0 unspecified atom stereocenters. The van der Waals surface area contributed by atoms with Crippen LogP contribution in [0, 0.1) is 6.92 Å². The zero-order chi connectivity index (χ0) is 19.7. The SMILES string of the molecule is Cc1ccccc1C(=O)NNc1ncnc2c1cnn2-c1ccc(Cl)c(Cl)c1. The molecule has 0 aliphatic carbocycles. The fourth-order valence-corrected chi connectivity index (χ4v) is 3.05. The smallest absolute Gasteiger partial charge is 0.269 e. The maximum atomic E-state index is 12.4. The van der Waals surface area contributed by atoms with E-state index in [1.54, 1.807) is 35.1 Å². The highest BCUT2D eigenvalue weighted by atomic mass is 35.5. The van der Waals surface area contributed by atoms with Gasteiger partial charge in [-0.05, 0) is 36.8 Å². The Morgan fingerprint density at radius 1 is 1.07 bits per heavy atom. The van der Waals surface area contributed by atoms with Crippen molar-refractivity contribution < 1.29 is 4.79 Å². The molecular formula is C19H14Cl2N6O. The summed E-state index contributed by atoms with van der Waals surface area (Å²) in [7, 11) is 0. The summed E-state index contributed by atoms with van der Waals surface area (Å²) in [6, 6.07) is 12.5. The molecule has 2 heterocycles. The first-order valence-corrected chi connectivity index (χ1v) is 9.06. The van der Waals surface area contributed by atoms with E-state index >= 15 is 0 Å². The van der Waals surface area contributed by atoms with Gasteiger partial charge in [0.05, 0.1) is 27.3 Å². The molecule has 0 radical (unpaired) electrons. The van der Waals surface area contributed by atoms with E-state index in [1.807, 2.05) is 25.1 Å². The van der Waals surface area contributed by atoms with Crippen LogP contribution in [0.15, 0.2) is 55.0 Å². The first-order valence-electron chi connectivity index (χ1n) is 8.31. The van der Waals surface area contributed by atoms with Gasteiger partial charge in [0.2, 0.25) is 0 Å². The molecule has 9 heteroatoms. The number of nitrogens with one attached hydrogen (secondary N) is 2. The topological polar surface area (TPSA) is 84.7 Å². The third-order valence-corrected chi connectivity index (χ3v) is 4.94. The number of nitrogens with zero attached hydrogens (tertiary/aromatic N) is 4. The summed E-state index contributed by atoms with van der Waals surface area (Å²) in [6.07, 6.45) is 3.00. The van der Waals surface area contributed by atoms with Gasteiger partial charge in [0.1, 0.15) is 6.33 Å². The van der Waals surface area contributed by atoms with E-state index in [4.69, 9.17) is 23.2 Å². The number of benzene rings is 2. The second-order valence-corrected chi connectivity index (χ2v) is 6.82. The molecule has 4 rings (SSSR count). The number of hydrazine groups is 1. The van der Waals surface area contributed by atoms with Gasteiger partial charge in [-0.15, -0.1) is 0 Å². The van der Waals surface area contributed by atoms with Gasteiger partial charge in [0, 0.05) is 5.56 Å². The van der Waals surface area contributed by atoms with Crippen LogP contribution < -0.4 is 10.9 Å². The van der Waals surface area contributed by atoms with E-state index in [9.17, 15) is 4.79 Å². The van der Waals surface area contributed by atoms with Crippen molar-refractivity contribution >= 4 is 46.0 Å². The fraction of sp³-hybridized carbons (Fsp3) is 0.0526. The van der Waals surface area contributed by atoms with E-state index < -0.39 is 0 Å². The number of hydrogen-bond acceptors (Lipinski definition) is 5. The van der Waals surface area contributed by atoms with Gasteiger partial charge >= 0.3 is 0 Å². The summed E-state index contributed by atoms with van der Waals surface area (Å²) in [6.45, 7) is 1.87. The van der Waals surface area contributed by atoms with Crippen LogP contribution in [0.5, 0.6) is 0 Å². The predicted molar refractivity (Wildman–Crippen MR) is 109 cm³/mol. The minimum Gasteiger partial charge on any atom is -0.281 e. The Morgan fingerprint density at radius 2 is 1.89 bits per heavy atom. The third kappa shape index (κ3) is 3.37. The summed E-state index contributed by atoms with van der Waals surface area (Å²) in [5, 5.41) is 5.87. The number of aryl methyl sites for hydroxylation is 1. The van der Waals surface area contributed by atoms with Gasteiger partial charge in [-0.1, -0.05) is 41.4 Å². The third-order valence-electron chi connectivity index (χ3n) is 4.20. The Hall–Kier alpha value is -3.16. The van der Waals surface area contributed by atoms with E-state index in [0.29, 0.717) is 38.1 Å². The van der Waals surface area contributed by atoms with Crippen LogP contribution in [0.25, 0.3) is 16.7 Å². The molecule has 2 aromatic carbocycles. The van der Waals surface area contributed by atoms with Crippen LogP contribution in [0.1, 0.15) is 15.9 Å². The molecule has 0 fully saturated rings. The van der Waals surface area contributed by atoms with Gasteiger partial charge < -0.3 is 0 Å². The molecule has 7 nitrogen and oxygen atoms in total. The Bertz CT molecular complexity index is 1190. The van der Waals surface area contributed by atoms with Crippen LogP contribution in [-0.2, 0) is 0 Å². The largest absolute Gasteiger partial charge is 0.281 e. The zero-order valence-corrected chi connectivity index (χ0v) is 16.2. The Kier molecular flexibility index (Phi) is 4.85. The highest BCUT2D eigenvalue weighted by Gasteiger charge is 2.13. The lowest BCUT2D eigenvalue weighted by atomic mass is 10.1. The number of amides is 1. The molecule has 0 saturated heterocycles. The lowest BCUT2D eigenvalue weighted by Crippen LogP contribution is -2.30. The van der Waals surface area contributed by atoms with Crippen molar-refractivity contribution in [3.63, 3.8) is 0 Å². The Morgan fingerprint density at radius 3 is 2.68 bits per heavy atom. The number of carbonyl (C=O) groups excluding carboxylic acids is 1. The molecule has 0 aliphatic heterocycles. The number of anilines is 1. The number of halogens is 2. The Balaban J connectivity index is 1.62. The molecule has 2 aromatic heterocycles. The van der Waals surface area contributed by atoms with Crippen molar-refractivity contribution in [1.29, 1.82) is 0 Å². The van der Waals surface area contributed by atoms with Crippen LogP contribution in [0.4, 0.5) is 5.82 Å². The summed E-state index contributed by atoms with van der Waals surface area (Å²) in [5.74, 6) is 0.167. The van der Waals surface area contributed by atoms with E-state index in [-0.39, 0.29) is 5.91 Å². The minimum atomic E-state index is -0.262. The van der Waals surface area contributed by atoms with Crippen molar-refractivity contribution in [3.8, 4) is 5.69 Å². The monoisotopic (exact) mass is 412 g/mol. The molecule has 0 saturated carbocycles. The van der Waals surface area contributed by atoms with E-state index in [2.05, 4.69) is 25.9 Å². The van der Waals surface area contributed by atoms with Crippen LogP contribution >= 0.6 is 23.2 Å².